The first kappa shape index (κ1) is 10.8. The number of hydrogen-bond acceptors (Lipinski definition) is 2. The zero-order valence-corrected chi connectivity index (χ0v) is 9.57. The summed E-state index contributed by atoms with van der Waals surface area (Å²) in [5.74, 6) is -0.889. The van der Waals surface area contributed by atoms with Crippen LogP contribution >= 0.6 is 15.9 Å². The summed E-state index contributed by atoms with van der Waals surface area (Å²) < 4.78 is 26.7. The molecule has 0 amide bonds. The molecular weight excluding hydrogens is 266 g/mol. The van der Waals surface area contributed by atoms with Gasteiger partial charge in [0.05, 0.1) is 10.2 Å². The molecule has 0 radical (unpaired) electrons. The summed E-state index contributed by atoms with van der Waals surface area (Å²) in [6, 6.07) is 2.50. The summed E-state index contributed by atoms with van der Waals surface area (Å²) >= 11 is 2.94. The first-order valence-electron chi connectivity index (χ1n) is 4.78. The molecule has 0 saturated carbocycles. The van der Waals surface area contributed by atoms with Crippen LogP contribution in [-0.2, 0) is 0 Å². The summed E-state index contributed by atoms with van der Waals surface area (Å²) in [6.45, 7) is 1.70. The second-order valence-corrected chi connectivity index (χ2v) is 4.43. The van der Waals surface area contributed by atoms with Gasteiger partial charge in [0, 0.05) is 18.7 Å². The lowest BCUT2D eigenvalue weighted by molar-refractivity contribution is 0.594. The second-order valence-electron chi connectivity index (χ2n) is 3.58. The van der Waals surface area contributed by atoms with E-state index in [4.69, 9.17) is 0 Å². The fourth-order valence-electron chi connectivity index (χ4n) is 1.63. The smallest absolute Gasteiger partial charge is 0.147 e. The number of benzene rings is 1. The minimum atomic E-state index is -0.454. The van der Waals surface area contributed by atoms with Gasteiger partial charge in [0.15, 0.2) is 0 Å². The van der Waals surface area contributed by atoms with E-state index >= 15 is 0 Å². The molecule has 0 aliphatic carbocycles. The van der Waals surface area contributed by atoms with Crippen molar-refractivity contribution in [2.24, 2.45) is 0 Å². The van der Waals surface area contributed by atoms with Crippen LogP contribution in [0.25, 0.3) is 0 Å². The predicted molar refractivity (Wildman–Crippen MR) is 59.0 cm³/mol. The van der Waals surface area contributed by atoms with Gasteiger partial charge in [-0.2, -0.15) is 0 Å². The monoisotopic (exact) mass is 276 g/mol. The molecule has 2 N–H and O–H groups in total. The highest BCUT2D eigenvalue weighted by Gasteiger charge is 2.16. The van der Waals surface area contributed by atoms with E-state index in [0.29, 0.717) is 0 Å². The lowest BCUT2D eigenvalue weighted by Gasteiger charge is -2.13. The van der Waals surface area contributed by atoms with Crippen LogP contribution in [0.4, 0.5) is 14.5 Å². The third kappa shape index (κ3) is 2.46. The summed E-state index contributed by atoms with van der Waals surface area (Å²) in [6.07, 6.45) is 0.928. The van der Waals surface area contributed by atoms with Gasteiger partial charge in [-0.05, 0) is 35.0 Å². The summed E-state index contributed by atoms with van der Waals surface area (Å²) in [7, 11) is 0. The molecule has 82 valence electrons. The average molecular weight is 277 g/mol. The van der Waals surface area contributed by atoms with Gasteiger partial charge in [-0.1, -0.05) is 0 Å². The first-order valence-corrected chi connectivity index (χ1v) is 5.58. The highest BCUT2D eigenvalue weighted by atomic mass is 79.9. The molecular formula is C10H11BrF2N2. The van der Waals surface area contributed by atoms with E-state index in [0.717, 1.165) is 25.6 Å². The van der Waals surface area contributed by atoms with E-state index in [-0.39, 0.29) is 16.2 Å². The predicted octanol–water partition coefficient (Wildman–Crippen LogP) is 2.50. The Labute approximate surface area is 95.2 Å². The van der Waals surface area contributed by atoms with Crippen LogP contribution in [0.5, 0.6) is 0 Å². The van der Waals surface area contributed by atoms with Gasteiger partial charge >= 0.3 is 0 Å². The van der Waals surface area contributed by atoms with Crippen molar-refractivity contribution in [2.45, 2.75) is 12.5 Å². The fraction of sp³-hybridized carbons (Fsp3) is 0.400. The van der Waals surface area contributed by atoms with Gasteiger partial charge < -0.3 is 10.6 Å². The number of halogens is 3. The molecule has 1 saturated heterocycles. The molecule has 1 aromatic rings. The van der Waals surface area contributed by atoms with E-state index in [1.807, 2.05) is 0 Å². The maximum absolute atomic E-state index is 13.4. The highest BCUT2D eigenvalue weighted by Crippen LogP contribution is 2.24. The molecule has 2 rings (SSSR count). The summed E-state index contributed by atoms with van der Waals surface area (Å²) in [4.78, 5) is 0. The molecule has 0 bridgehead atoms. The van der Waals surface area contributed by atoms with Crippen LogP contribution < -0.4 is 10.6 Å². The quantitative estimate of drug-likeness (QED) is 0.812. The van der Waals surface area contributed by atoms with Crippen molar-refractivity contribution in [3.8, 4) is 0 Å². The molecule has 1 heterocycles. The fourth-order valence-corrected chi connectivity index (χ4v) is 1.95. The lowest BCUT2D eigenvalue weighted by atomic mass is 10.2. The third-order valence-electron chi connectivity index (χ3n) is 2.43. The van der Waals surface area contributed by atoms with Gasteiger partial charge in [-0.15, -0.1) is 0 Å². The largest absolute Gasteiger partial charge is 0.379 e. The SMILES string of the molecule is Fc1cc(NC2CCNC2)c(F)cc1Br. The third-order valence-corrected chi connectivity index (χ3v) is 3.04. The van der Waals surface area contributed by atoms with E-state index in [9.17, 15) is 8.78 Å². The van der Waals surface area contributed by atoms with Crippen molar-refractivity contribution < 1.29 is 8.78 Å². The molecule has 1 atom stereocenters. The van der Waals surface area contributed by atoms with E-state index in [1.54, 1.807) is 0 Å². The van der Waals surface area contributed by atoms with Gasteiger partial charge in [0.2, 0.25) is 0 Å². The number of nitrogens with one attached hydrogen (secondary N) is 2. The van der Waals surface area contributed by atoms with Crippen molar-refractivity contribution >= 4 is 21.6 Å². The number of hydrogen-bond donors (Lipinski definition) is 2. The number of rotatable bonds is 2. The lowest BCUT2D eigenvalue weighted by Crippen LogP contribution is -2.22. The van der Waals surface area contributed by atoms with Crippen molar-refractivity contribution in [1.29, 1.82) is 0 Å². The van der Waals surface area contributed by atoms with Crippen LogP contribution in [0.1, 0.15) is 6.42 Å². The van der Waals surface area contributed by atoms with Gasteiger partial charge in [0.25, 0.3) is 0 Å². The van der Waals surface area contributed by atoms with Crippen LogP contribution in [0.3, 0.4) is 0 Å². The van der Waals surface area contributed by atoms with Crippen molar-refractivity contribution in [3.05, 3.63) is 28.2 Å². The van der Waals surface area contributed by atoms with Crippen molar-refractivity contribution in [2.75, 3.05) is 18.4 Å². The Morgan fingerprint density at radius 3 is 2.80 bits per heavy atom. The molecule has 0 spiro atoms. The Kier molecular flexibility index (Phi) is 3.21. The molecule has 15 heavy (non-hydrogen) atoms. The maximum atomic E-state index is 13.4. The number of anilines is 1. The Morgan fingerprint density at radius 2 is 2.13 bits per heavy atom. The van der Waals surface area contributed by atoms with Crippen LogP contribution in [0.2, 0.25) is 0 Å². The normalized spacial score (nSPS) is 20.6. The highest BCUT2D eigenvalue weighted by molar-refractivity contribution is 9.10. The summed E-state index contributed by atoms with van der Waals surface area (Å²) in [5, 5.41) is 6.13. The van der Waals surface area contributed by atoms with Crippen LogP contribution in [-0.4, -0.2) is 19.1 Å². The van der Waals surface area contributed by atoms with E-state index < -0.39 is 11.6 Å². The Morgan fingerprint density at radius 1 is 1.33 bits per heavy atom. The molecule has 2 nitrogen and oxygen atoms in total. The Bertz CT molecular complexity index is 365. The van der Waals surface area contributed by atoms with Crippen molar-refractivity contribution in [3.63, 3.8) is 0 Å². The maximum Gasteiger partial charge on any atom is 0.147 e. The minimum absolute atomic E-state index is 0.148. The van der Waals surface area contributed by atoms with Gasteiger partial charge in [0.1, 0.15) is 11.6 Å². The van der Waals surface area contributed by atoms with E-state index in [1.165, 1.54) is 6.07 Å². The first-order chi connectivity index (χ1) is 7.16. The van der Waals surface area contributed by atoms with Gasteiger partial charge in [-0.3, -0.25) is 0 Å². The Hall–Kier alpha value is -0.680. The van der Waals surface area contributed by atoms with Crippen LogP contribution in [0.15, 0.2) is 16.6 Å². The zero-order chi connectivity index (χ0) is 10.8. The molecule has 1 aliphatic heterocycles. The molecule has 0 aromatic heterocycles. The second kappa shape index (κ2) is 4.45. The van der Waals surface area contributed by atoms with Gasteiger partial charge in [-0.25, -0.2) is 8.78 Å². The Balaban J connectivity index is 2.16. The average Bonchev–Trinajstić information content (AvgIpc) is 2.67. The van der Waals surface area contributed by atoms with Crippen LogP contribution in [0, 0.1) is 11.6 Å². The molecule has 1 unspecified atom stereocenters. The summed E-state index contributed by atoms with van der Waals surface area (Å²) in [5.41, 5.74) is 0.226. The molecule has 1 aliphatic rings. The minimum Gasteiger partial charge on any atom is -0.379 e. The zero-order valence-electron chi connectivity index (χ0n) is 7.99. The van der Waals surface area contributed by atoms with E-state index in [2.05, 4.69) is 26.6 Å². The molecule has 1 fully saturated rings. The molecule has 1 aromatic carbocycles. The topological polar surface area (TPSA) is 24.1 Å². The standard InChI is InChI=1S/C10H11BrF2N2/c11-7-3-9(13)10(4-8(7)12)15-6-1-2-14-5-6/h3-4,6,14-15H,1-2,5H2. The van der Waals surface area contributed by atoms with Crippen molar-refractivity contribution in [1.82, 2.24) is 5.32 Å². The molecule has 5 heteroatoms.